The molecule has 0 spiro atoms. The van der Waals surface area contributed by atoms with E-state index in [1.807, 2.05) is 0 Å². The van der Waals surface area contributed by atoms with Crippen molar-refractivity contribution >= 4 is 5.69 Å². The molecule has 0 amide bonds. The van der Waals surface area contributed by atoms with Crippen molar-refractivity contribution in [2.45, 2.75) is 13.5 Å². The van der Waals surface area contributed by atoms with Crippen molar-refractivity contribution in [2.75, 3.05) is 7.11 Å². The Kier molecular flexibility index (Phi) is 4.22. The molecule has 0 saturated carbocycles. The Morgan fingerprint density at radius 1 is 1.29 bits per heavy atom. The normalized spacial score (nSPS) is 10.2. The van der Waals surface area contributed by atoms with Crippen LogP contribution in [0.4, 0.5) is 5.69 Å². The van der Waals surface area contributed by atoms with Gasteiger partial charge in [-0.1, -0.05) is 6.07 Å². The number of hydrogen-bond acceptors (Lipinski definition) is 6. The Labute approximate surface area is 119 Å². The van der Waals surface area contributed by atoms with E-state index in [1.54, 1.807) is 19.1 Å². The molecule has 7 heteroatoms. The van der Waals surface area contributed by atoms with E-state index in [0.717, 1.165) is 5.56 Å². The molecule has 1 aromatic heterocycles. The van der Waals surface area contributed by atoms with E-state index in [9.17, 15) is 14.9 Å². The fraction of sp³-hybridized carbons (Fsp3) is 0.214. The maximum absolute atomic E-state index is 11.6. The molecule has 0 bridgehead atoms. The van der Waals surface area contributed by atoms with Crippen LogP contribution in [0, 0.1) is 17.0 Å². The Morgan fingerprint density at radius 3 is 2.67 bits per heavy atom. The standard InChI is InChI=1S/C14H13NO6/c1-9-3-4-11(15(17)18)13(5-9)21-7-10-6-12(16)14(19-2)8-20-10/h3-6,8H,7H2,1-2H3. The molecule has 21 heavy (non-hydrogen) atoms. The zero-order chi connectivity index (χ0) is 15.4. The van der Waals surface area contributed by atoms with E-state index in [1.165, 1.54) is 25.5 Å². The highest BCUT2D eigenvalue weighted by Gasteiger charge is 2.15. The molecule has 0 unspecified atom stereocenters. The number of aryl methyl sites for hydroxylation is 1. The van der Waals surface area contributed by atoms with E-state index in [0.29, 0.717) is 0 Å². The second-order valence-corrected chi connectivity index (χ2v) is 4.30. The Morgan fingerprint density at radius 2 is 2.05 bits per heavy atom. The average molecular weight is 291 g/mol. The van der Waals surface area contributed by atoms with E-state index >= 15 is 0 Å². The molecular formula is C14H13NO6. The van der Waals surface area contributed by atoms with Gasteiger partial charge >= 0.3 is 5.69 Å². The van der Waals surface area contributed by atoms with Gasteiger partial charge in [-0.3, -0.25) is 14.9 Å². The summed E-state index contributed by atoms with van der Waals surface area (Å²) < 4.78 is 15.3. The minimum absolute atomic E-state index is 0.0836. The van der Waals surface area contributed by atoms with Crippen LogP contribution in [-0.4, -0.2) is 12.0 Å². The summed E-state index contributed by atoms with van der Waals surface area (Å²) in [5.74, 6) is 0.454. The Bertz CT molecular complexity index is 722. The zero-order valence-electron chi connectivity index (χ0n) is 11.5. The predicted octanol–water partition coefficient (Wildman–Crippen LogP) is 2.44. The van der Waals surface area contributed by atoms with Gasteiger partial charge in [-0.05, 0) is 18.6 Å². The fourth-order valence-electron chi connectivity index (χ4n) is 1.70. The van der Waals surface area contributed by atoms with Gasteiger partial charge in [0.15, 0.2) is 5.75 Å². The van der Waals surface area contributed by atoms with Crippen LogP contribution in [0.1, 0.15) is 11.3 Å². The van der Waals surface area contributed by atoms with Gasteiger partial charge in [-0.25, -0.2) is 0 Å². The minimum Gasteiger partial charge on any atom is -0.490 e. The monoisotopic (exact) mass is 291 g/mol. The molecule has 0 aliphatic heterocycles. The molecule has 0 atom stereocenters. The molecule has 0 aliphatic carbocycles. The third kappa shape index (κ3) is 3.38. The molecule has 0 N–H and O–H groups in total. The quantitative estimate of drug-likeness (QED) is 0.620. The van der Waals surface area contributed by atoms with E-state index in [4.69, 9.17) is 13.9 Å². The van der Waals surface area contributed by atoms with E-state index in [2.05, 4.69) is 0 Å². The molecular weight excluding hydrogens is 278 g/mol. The van der Waals surface area contributed by atoms with Gasteiger partial charge in [-0.15, -0.1) is 0 Å². The van der Waals surface area contributed by atoms with Crippen molar-refractivity contribution in [1.82, 2.24) is 0 Å². The lowest BCUT2D eigenvalue weighted by molar-refractivity contribution is -0.386. The van der Waals surface area contributed by atoms with Crippen LogP contribution < -0.4 is 14.9 Å². The number of nitro groups is 1. The van der Waals surface area contributed by atoms with Gasteiger partial charge in [0.2, 0.25) is 11.2 Å². The first-order chi connectivity index (χ1) is 10.0. The van der Waals surface area contributed by atoms with Crippen LogP contribution in [0.2, 0.25) is 0 Å². The molecule has 1 heterocycles. The van der Waals surface area contributed by atoms with Crippen molar-refractivity contribution in [3.8, 4) is 11.5 Å². The number of benzene rings is 1. The average Bonchev–Trinajstić information content (AvgIpc) is 2.45. The van der Waals surface area contributed by atoms with Gasteiger partial charge in [0.1, 0.15) is 18.6 Å². The minimum atomic E-state index is -0.529. The van der Waals surface area contributed by atoms with Gasteiger partial charge < -0.3 is 13.9 Å². The van der Waals surface area contributed by atoms with Crippen molar-refractivity contribution in [3.05, 3.63) is 62.2 Å². The van der Waals surface area contributed by atoms with Gasteiger partial charge in [0.25, 0.3) is 0 Å². The summed E-state index contributed by atoms with van der Waals surface area (Å²) in [6.45, 7) is 1.70. The molecule has 0 radical (unpaired) electrons. The van der Waals surface area contributed by atoms with Gasteiger partial charge in [0.05, 0.1) is 12.0 Å². The highest BCUT2D eigenvalue weighted by atomic mass is 16.6. The highest BCUT2D eigenvalue weighted by molar-refractivity contribution is 5.48. The molecule has 0 aliphatic rings. The lowest BCUT2D eigenvalue weighted by Crippen LogP contribution is -2.07. The molecule has 7 nitrogen and oxygen atoms in total. The third-order valence-electron chi connectivity index (χ3n) is 2.75. The number of rotatable bonds is 5. The number of nitrogens with zero attached hydrogens (tertiary/aromatic N) is 1. The smallest absolute Gasteiger partial charge is 0.310 e. The Balaban J connectivity index is 2.20. The summed E-state index contributed by atoms with van der Waals surface area (Å²) in [7, 11) is 1.36. The zero-order valence-corrected chi connectivity index (χ0v) is 11.5. The Hall–Kier alpha value is -2.83. The van der Waals surface area contributed by atoms with E-state index < -0.39 is 4.92 Å². The first-order valence-electron chi connectivity index (χ1n) is 6.05. The number of nitro benzene ring substituents is 1. The lowest BCUT2D eigenvalue weighted by atomic mass is 10.2. The van der Waals surface area contributed by atoms with E-state index in [-0.39, 0.29) is 35.0 Å². The molecule has 2 aromatic rings. The molecule has 1 aromatic carbocycles. The van der Waals surface area contributed by atoms with Crippen LogP contribution >= 0.6 is 0 Å². The molecule has 110 valence electrons. The second-order valence-electron chi connectivity index (χ2n) is 4.30. The SMILES string of the molecule is COc1coc(COc2cc(C)ccc2[N+](=O)[O-])cc1=O. The van der Waals surface area contributed by atoms with Crippen molar-refractivity contribution in [3.63, 3.8) is 0 Å². The predicted molar refractivity (Wildman–Crippen MR) is 73.7 cm³/mol. The first-order valence-corrected chi connectivity index (χ1v) is 6.05. The maximum Gasteiger partial charge on any atom is 0.310 e. The number of ether oxygens (including phenoxy) is 2. The van der Waals surface area contributed by atoms with Crippen LogP contribution in [0.5, 0.6) is 11.5 Å². The topological polar surface area (TPSA) is 91.8 Å². The summed E-state index contributed by atoms with van der Waals surface area (Å²) in [4.78, 5) is 22.0. The fourth-order valence-corrected chi connectivity index (χ4v) is 1.70. The van der Waals surface area contributed by atoms with Crippen molar-refractivity contribution < 1.29 is 18.8 Å². The van der Waals surface area contributed by atoms with Gasteiger partial charge in [-0.2, -0.15) is 0 Å². The van der Waals surface area contributed by atoms with Crippen LogP contribution in [0.15, 0.2) is 39.7 Å². The first kappa shape index (κ1) is 14.6. The summed E-state index contributed by atoms with van der Waals surface area (Å²) in [5.41, 5.74) is 0.337. The second kappa shape index (κ2) is 6.08. The molecule has 0 saturated heterocycles. The molecule has 0 fully saturated rings. The van der Waals surface area contributed by atoms with Crippen LogP contribution in [0.25, 0.3) is 0 Å². The maximum atomic E-state index is 11.6. The summed E-state index contributed by atoms with van der Waals surface area (Å²) >= 11 is 0. The van der Waals surface area contributed by atoms with Crippen molar-refractivity contribution in [2.24, 2.45) is 0 Å². The summed E-state index contributed by atoms with van der Waals surface area (Å²) in [5, 5.41) is 10.9. The highest BCUT2D eigenvalue weighted by Crippen LogP contribution is 2.28. The van der Waals surface area contributed by atoms with Crippen LogP contribution in [-0.2, 0) is 6.61 Å². The summed E-state index contributed by atoms with van der Waals surface area (Å²) in [6, 6.07) is 5.77. The van der Waals surface area contributed by atoms with Gasteiger partial charge in [0, 0.05) is 12.1 Å². The number of methoxy groups -OCH3 is 1. The molecule has 2 rings (SSSR count). The number of hydrogen-bond donors (Lipinski definition) is 0. The third-order valence-corrected chi connectivity index (χ3v) is 2.75. The summed E-state index contributed by atoms with van der Waals surface area (Å²) in [6.07, 6.45) is 1.17. The lowest BCUT2D eigenvalue weighted by Gasteiger charge is -2.07. The van der Waals surface area contributed by atoms with Crippen LogP contribution in [0.3, 0.4) is 0 Å². The largest absolute Gasteiger partial charge is 0.490 e. The van der Waals surface area contributed by atoms with Crippen molar-refractivity contribution in [1.29, 1.82) is 0 Å².